The van der Waals surface area contributed by atoms with Crippen LogP contribution in [0.15, 0.2) is 176 Å². The maximum atomic E-state index is 13.9. The van der Waals surface area contributed by atoms with Gasteiger partial charge in [-0.3, -0.25) is 24.0 Å². The Morgan fingerprint density at radius 3 is 1.29 bits per heavy atom. The average Bonchev–Trinajstić information content (AvgIpc) is 4.17. The molecule has 422 valence electrons. The van der Waals surface area contributed by atoms with Gasteiger partial charge in [0.2, 0.25) is 0 Å². The Bertz CT molecular complexity index is 3510. The van der Waals surface area contributed by atoms with E-state index in [4.69, 9.17) is 17.3 Å². The van der Waals surface area contributed by atoms with Gasteiger partial charge in [-0.25, -0.2) is 26.3 Å². The number of fused-ring (bicyclic) bond motifs is 3. The SMILES string of the molecule is Nc1ccc2c(c1)CCCCC2=O.O=C(Cl)c1c(F)cccc1F.O=C(Nc1ccc2c(c1)CCCC=C2c1ccccc1)c1c(F)cccc1F.O=C1CCCCc2cc(NC(=O)c3c(F)cccc3F)ccc21.[Br-].[Mg+2].[c-]1ccccc1. The molecule has 11 rings (SSSR count). The molecule has 0 radical (unpaired) electrons. The molecule has 3 aliphatic carbocycles. The van der Waals surface area contributed by atoms with E-state index in [0.29, 0.717) is 29.8 Å². The summed E-state index contributed by atoms with van der Waals surface area (Å²) >= 11 is 4.89. The van der Waals surface area contributed by atoms with Crippen LogP contribution in [-0.2, 0) is 19.3 Å². The van der Waals surface area contributed by atoms with Crippen LogP contribution in [0.3, 0.4) is 0 Å². The third-order valence-corrected chi connectivity index (χ3v) is 13.4. The van der Waals surface area contributed by atoms with Gasteiger partial charge in [0.25, 0.3) is 17.1 Å². The minimum atomic E-state index is -1.12. The summed E-state index contributed by atoms with van der Waals surface area (Å²) < 4.78 is 80.1. The number of aryl methyl sites for hydroxylation is 3. The van der Waals surface area contributed by atoms with Gasteiger partial charge in [0, 0.05) is 41.0 Å². The monoisotopic (exact) mass is 1220 g/mol. The largest absolute Gasteiger partial charge is 2.00 e. The van der Waals surface area contributed by atoms with E-state index in [1.165, 1.54) is 17.7 Å². The summed E-state index contributed by atoms with van der Waals surface area (Å²) in [6, 6.07) is 48.6. The zero-order valence-electron chi connectivity index (χ0n) is 44.9. The van der Waals surface area contributed by atoms with Crippen LogP contribution in [0.5, 0.6) is 0 Å². The normalized spacial score (nSPS) is 12.8. The molecule has 3 aliphatic rings. The molecular formula is C66H55BrClF6MgN3O5. The van der Waals surface area contributed by atoms with Crippen molar-refractivity contribution in [2.24, 2.45) is 0 Å². The molecule has 4 N–H and O–H groups in total. The number of benzene rings is 8. The van der Waals surface area contributed by atoms with E-state index in [-0.39, 0.29) is 51.6 Å². The van der Waals surface area contributed by atoms with E-state index in [2.05, 4.69) is 34.9 Å². The Morgan fingerprint density at radius 1 is 0.458 bits per heavy atom. The molecule has 0 bridgehead atoms. The summed E-state index contributed by atoms with van der Waals surface area (Å²) in [4.78, 5) is 58.4. The van der Waals surface area contributed by atoms with Crippen molar-refractivity contribution < 1.29 is 67.3 Å². The number of hydrogen-bond donors (Lipinski definition) is 3. The summed E-state index contributed by atoms with van der Waals surface area (Å²) in [6.45, 7) is 0. The van der Waals surface area contributed by atoms with Gasteiger partial charge >= 0.3 is 23.1 Å². The van der Waals surface area contributed by atoms with Gasteiger partial charge in [0.15, 0.2) is 11.6 Å². The number of hydrogen-bond acceptors (Lipinski definition) is 6. The van der Waals surface area contributed by atoms with Gasteiger partial charge < -0.3 is 33.3 Å². The van der Waals surface area contributed by atoms with Crippen molar-refractivity contribution in [2.45, 2.75) is 70.6 Å². The topological polar surface area (TPSA) is 135 Å². The second-order valence-electron chi connectivity index (χ2n) is 18.8. The van der Waals surface area contributed by atoms with Crippen LogP contribution in [0.25, 0.3) is 5.57 Å². The van der Waals surface area contributed by atoms with E-state index < -0.39 is 68.7 Å². The predicted molar refractivity (Wildman–Crippen MR) is 310 cm³/mol. The first-order chi connectivity index (χ1) is 39.1. The van der Waals surface area contributed by atoms with Crippen LogP contribution >= 0.6 is 11.6 Å². The van der Waals surface area contributed by atoms with Gasteiger partial charge in [-0.05, 0) is 188 Å². The Balaban J connectivity index is 0.000000205. The van der Waals surface area contributed by atoms with Crippen molar-refractivity contribution in [3.63, 3.8) is 0 Å². The van der Waals surface area contributed by atoms with Crippen molar-refractivity contribution in [2.75, 3.05) is 16.4 Å². The zero-order chi connectivity index (χ0) is 57.8. The average molecular weight is 1220 g/mol. The van der Waals surface area contributed by atoms with Crippen LogP contribution in [0, 0.1) is 41.0 Å². The van der Waals surface area contributed by atoms with Crippen molar-refractivity contribution in [1.82, 2.24) is 0 Å². The fraction of sp³-hybridized carbons (Fsp3) is 0.167. The molecule has 0 spiro atoms. The summed E-state index contributed by atoms with van der Waals surface area (Å²) in [6.07, 6.45) is 11.9. The van der Waals surface area contributed by atoms with Crippen LogP contribution in [0.1, 0.15) is 131 Å². The van der Waals surface area contributed by atoms with Crippen molar-refractivity contribution in [3.8, 4) is 0 Å². The molecule has 0 heterocycles. The number of allylic oxidation sites excluding steroid dienone is 1. The molecule has 0 atom stereocenters. The van der Waals surface area contributed by atoms with Gasteiger partial charge in [-0.1, -0.05) is 60.7 Å². The second kappa shape index (κ2) is 32.9. The number of rotatable bonds is 6. The Hall–Kier alpha value is -7.63. The first-order valence-corrected chi connectivity index (χ1v) is 26.5. The second-order valence-corrected chi connectivity index (χ2v) is 19.2. The first-order valence-electron chi connectivity index (χ1n) is 26.1. The van der Waals surface area contributed by atoms with Crippen molar-refractivity contribution in [3.05, 3.63) is 273 Å². The Morgan fingerprint density at radius 2 is 0.855 bits per heavy atom. The third kappa shape index (κ3) is 18.7. The summed E-state index contributed by atoms with van der Waals surface area (Å²) in [5.41, 5.74) is 13.6. The zero-order valence-corrected chi connectivity index (χ0v) is 48.6. The molecule has 0 unspecified atom stereocenters. The molecule has 17 heteroatoms. The third-order valence-electron chi connectivity index (χ3n) is 13.2. The number of nitrogens with one attached hydrogen (secondary N) is 2. The van der Waals surface area contributed by atoms with E-state index in [1.54, 1.807) is 24.3 Å². The minimum absolute atomic E-state index is 0. The number of nitrogens with two attached hydrogens (primary N) is 1. The molecule has 0 saturated heterocycles. The summed E-state index contributed by atoms with van der Waals surface area (Å²) in [5.74, 6) is -6.72. The van der Waals surface area contributed by atoms with E-state index in [1.807, 2.05) is 78.9 Å². The van der Waals surface area contributed by atoms with Crippen LogP contribution in [0.4, 0.5) is 43.4 Å². The molecule has 8 aromatic rings. The van der Waals surface area contributed by atoms with Crippen LogP contribution in [0.2, 0.25) is 0 Å². The summed E-state index contributed by atoms with van der Waals surface area (Å²) in [5, 5.41) is 4.00. The van der Waals surface area contributed by atoms with Crippen LogP contribution < -0.4 is 33.3 Å². The number of anilines is 3. The fourth-order valence-corrected chi connectivity index (χ4v) is 9.42. The minimum Gasteiger partial charge on any atom is -1.00 e. The fourth-order valence-electron chi connectivity index (χ4n) is 9.24. The van der Waals surface area contributed by atoms with E-state index in [9.17, 15) is 50.3 Å². The standard InChI is InChI=1S/C24H19F2NO.C18H15F2NO2.C11H13NO.C7H3ClF2O.C6H5.BrH.Mg/c25-21-11-6-12-22(26)23(21)24(28)27-18-13-14-20-17(15-18)9-4-5-10-19(20)16-7-2-1-3-8-16;19-14-5-3-6-15(20)17(14)18(23)21-12-8-9-13-11(10-12)4-1-2-7-16(13)22;12-9-5-6-10-8(7-9)3-1-2-4-11(10)13;8-7(11)6-4(9)2-1-3-5(6)10;1-2-4-6-5-3-1;;/h1-3,6-8,10-15H,4-5,9H2,(H,27,28);3,5-6,8-10H,1-2,4,7H2,(H,21,23);5-7H,1-4,12H2;1-3H;1-5H;1H;/q;;;;-1;;+2/p-1. The molecule has 8 aromatic carbocycles. The number of ketones is 2. The number of halogens is 8. The van der Waals surface area contributed by atoms with Gasteiger partial charge in [0.1, 0.15) is 51.6 Å². The molecule has 8 nitrogen and oxygen atoms in total. The van der Waals surface area contributed by atoms with E-state index >= 15 is 0 Å². The molecule has 0 aromatic heterocycles. The quantitative estimate of drug-likeness (QED) is 0.0379. The molecular weight excluding hydrogens is 1170 g/mol. The molecule has 0 fully saturated rings. The maximum absolute atomic E-state index is 13.9. The first kappa shape index (κ1) is 66.2. The molecule has 83 heavy (non-hydrogen) atoms. The van der Waals surface area contributed by atoms with Crippen molar-refractivity contribution >= 4 is 85.9 Å². The smallest absolute Gasteiger partial charge is 1.00 e. The maximum Gasteiger partial charge on any atom is 2.00 e. The number of nitrogen functional groups attached to an aromatic ring is 1. The van der Waals surface area contributed by atoms with Crippen molar-refractivity contribution in [1.29, 1.82) is 0 Å². The Labute approximate surface area is 509 Å². The molecule has 0 saturated carbocycles. The number of amides is 2. The van der Waals surface area contributed by atoms with Crippen LogP contribution in [-0.4, -0.2) is 51.7 Å². The van der Waals surface area contributed by atoms with Gasteiger partial charge in [-0.15, -0.1) is 0 Å². The molecule has 0 aliphatic heterocycles. The van der Waals surface area contributed by atoms with Gasteiger partial charge in [-0.2, -0.15) is 36.4 Å². The predicted octanol–water partition coefficient (Wildman–Crippen LogP) is 12.7. The number of carbonyl (C=O) groups excluding carboxylic acids is 5. The Kier molecular flexibility index (Phi) is 26.2. The molecule has 2 amide bonds. The number of Topliss-reactive ketones (excluding diaryl/α,β-unsaturated/α-hetero) is 2. The van der Waals surface area contributed by atoms with E-state index in [0.717, 1.165) is 139 Å². The number of carbonyl (C=O) groups is 5. The summed E-state index contributed by atoms with van der Waals surface area (Å²) in [7, 11) is 0. The van der Waals surface area contributed by atoms with Gasteiger partial charge in [0.05, 0.1) is 0 Å².